The van der Waals surface area contributed by atoms with Crippen LogP contribution >= 0.6 is 0 Å². The van der Waals surface area contributed by atoms with Crippen molar-refractivity contribution in [3.05, 3.63) is 88.0 Å². The van der Waals surface area contributed by atoms with Crippen LogP contribution in [0.1, 0.15) is 245 Å². The van der Waals surface area contributed by atoms with Gasteiger partial charge in [-0.2, -0.15) is 36.4 Å². The van der Waals surface area contributed by atoms with Crippen LogP contribution in [0.5, 0.6) is 0 Å². The van der Waals surface area contributed by atoms with Gasteiger partial charge in [0.15, 0.2) is 17.7 Å². The van der Waals surface area contributed by atoms with Crippen LogP contribution in [0, 0.1) is 35.5 Å². The van der Waals surface area contributed by atoms with Gasteiger partial charge in [-0.3, -0.25) is 14.4 Å². The molecule has 0 aromatic heterocycles. The second-order valence-corrected chi connectivity index (χ2v) is 26.4. The fraction of sp³-hybridized carbons (Fsp3) is 0.656. The normalized spacial score (nSPS) is 28.0. The van der Waals surface area contributed by atoms with E-state index >= 15 is 0 Å². The first-order chi connectivity index (χ1) is 34.7. The van der Waals surface area contributed by atoms with Crippen LogP contribution in [0.3, 0.4) is 0 Å². The largest absolute Gasteiger partial charge is 1.00 e. The predicted molar refractivity (Wildman–Crippen MR) is 286 cm³/mol. The Balaban J connectivity index is 0.000000188. The van der Waals surface area contributed by atoms with Crippen LogP contribution in [-0.2, 0) is 0 Å². The monoisotopic (exact) mass is 1070 g/mol. The van der Waals surface area contributed by atoms with Gasteiger partial charge >= 0.3 is 88.7 Å². The van der Waals surface area contributed by atoms with Crippen molar-refractivity contribution in [3.8, 4) is 0 Å². The summed E-state index contributed by atoms with van der Waals surface area (Å²) in [6, 6.07) is 16.5. The summed E-state index contributed by atoms with van der Waals surface area (Å²) in [6.07, 6.45) is 26.5. The fourth-order valence-corrected chi connectivity index (χ4v) is 15.4. The summed E-state index contributed by atoms with van der Waals surface area (Å²) in [6.45, 7) is 11.4. The van der Waals surface area contributed by atoms with Crippen LogP contribution < -0.4 is 121 Å². The zero-order valence-electron chi connectivity index (χ0n) is 47.8. The molecule has 76 heavy (non-hydrogen) atoms. The molecule has 3 aromatic rings. The Morgan fingerprint density at radius 1 is 0.421 bits per heavy atom. The molecule has 0 radical (unpaired) electrons. The first-order valence-corrected chi connectivity index (χ1v) is 28.4. The van der Waals surface area contributed by atoms with Gasteiger partial charge in [0.1, 0.15) is 0 Å². The third-order valence-electron chi connectivity index (χ3n) is 17.6. The third kappa shape index (κ3) is 16.1. The van der Waals surface area contributed by atoms with Gasteiger partial charge in [-0.15, -0.1) is 18.2 Å². The molecular weight excluding hydrogens is 982 g/mol. The average Bonchev–Trinajstić information content (AvgIpc) is 4.11. The molecule has 10 fully saturated rings. The van der Waals surface area contributed by atoms with E-state index in [0.717, 1.165) is 99.7 Å². The van der Waals surface area contributed by atoms with Crippen LogP contribution in [-0.4, -0.2) is 69.7 Å². The maximum atomic E-state index is 13.4. The van der Waals surface area contributed by atoms with Gasteiger partial charge in [-0.25, -0.2) is 0 Å². The Kier molecular flexibility index (Phi) is 22.1. The van der Waals surface area contributed by atoms with Gasteiger partial charge in [0.2, 0.25) is 17.7 Å². The number of amides is 6. The van der Waals surface area contributed by atoms with Gasteiger partial charge in [0, 0.05) is 34.2 Å². The van der Waals surface area contributed by atoms with Crippen molar-refractivity contribution in [2.24, 2.45) is 35.5 Å². The van der Waals surface area contributed by atoms with E-state index in [0.29, 0.717) is 33.4 Å². The van der Waals surface area contributed by atoms with Crippen molar-refractivity contribution in [2.75, 3.05) is 0 Å². The number of carbonyl (C=O) groups is 6. The Bertz CT molecular complexity index is 2250. The molecule has 0 saturated heterocycles. The van der Waals surface area contributed by atoms with E-state index in [1.165, 1.54) is 77.0 Å². The van der Waals surface area contributed by atoms with Crippen molar-refractivity contribution in [2.45, 2.75) is 217 Å². The van der Waals surface area contributed by atoms with E-state index < -0.39 is 0 Å². The minimum Gasteiger partial charge on any atom is -0.389 e. The quantitative estimate of drug-likeness (QED) is 0.134. The van der Waals surface area contributed by atoms with Crippen LogP contribution in [0.2, 0.25) is 0 Å². The van der Waals surface area contributed by atoms with Crippen molar-refractivity contribution < 1.29 is 117 Å². The summed E-state index contributed by atoms with van der Waals surface area (Å²) in [7, 11) is 0. The minimum absolute atomic E-state index is 0. The number of carbonyl (C=O) groups excluding carboxylic acids is 6. The molecule has 12 nitrogen and oxygen atoms in total. The standard InChI is InChI=1S/C27H35N2O2.C19H27N2O2.C15H23N2O2.3Na/c30-24(28-26-10-16-4-17(11-26)6-18(5-16)12-26)22-2-1-3-23(22)25(31)29-27-13-19-7-20(14-27)9-21(8-19)15-27;22-18(20-14-8-3-1-4-9-14)16-12-7-13-17(16)19(23)21-15-10-5-2-6-11-15;1-14(2,3)16-12(18)10-8-7-9-11(10)13(19)17-15(4,5)6;;;/h1-3,16-21H,4-15H2,(H,28,30)(H,29,31);7,12-15H,1-6,8-11H2,(H,20,22)(H,21,23);7-9H,1-6H3,(H,16,18)(H,17,19);;;/q3*-1;3*+1. The van der Waals surface area contributed by atoms with Gasteiger partial charge in [0.25, 0.3) is 0 Å². The van der Waals surface area contributed by atoms with Crippen molar-refractivity contribution in [1.29, 1.82) is 0 Å². The molecule has 15 heteroatoms. The first-order valence-electron chi connectivity index (χ1n) is 28.4. The summed E-state index contributed by atoms with van der Waals surface area (Å²) in [5, 5.41) is 18.8. The first kappa shape index (κ1) is 63.1. The van der Waals surface area contributed by atoms with Crippen LogP contribution in [0.15, 0.2) is 54.6 Å². The Labute approximate surface area is 520 Å². The molecule has 8 bridgehead atoms. The Hall–Kier alpha value is -2.13. The molecule has 10 aliphatic carbocycles. The second-order valence-electron chi connectivity index (χ2n) is 26.4. The Morgan fingerprint density at radius 3 is 1.17 bits per heavy atom. The zero-order chi connectivity index (χ0) is 51.7. The van der Waals surface area contributed by atoms with E-state index in [9.17, 15) is 28.8 Å². The topological polar surface area (TPSA) is 175 Å². The molecule has 0 spiro atoms. The molecule has 6 amide bonds. The number of nitrogens with one attached hydrogen (secondary N) is 6. The number of rotatable bonds is 10. The summed E-state index contributed by atoms with van der Waals surface area (Å²) in [4.78, 5) is 76.0. The second kappa shape index (κ2) is 26.6. The molecule has 0 unspecified atom stereocenters. The zero-order valence-corrected chi connectivity index (χ0v) is 53.8. The maximum absolute atomic E-state index is 13.4. The number of hydrogen-bond acceptors (Lipinski definition) is 6. The van der Waals surface area contributed by atoms with Crippen molar-refractivity contribution >= 4 is 35.4 Å². The molecule has 3 aromatic carbocycles. The predicted octanol–water partition coefficient (Wildman–Crippen LogP) is 1.81. The summed E-state index contributed by atoms with van der Waals surface area (Å²) < 4.78 is 0. The van der Waals surface area contributed by atoms with E-state index in [-0.39, 0.29) is 158 Å². The Morgan fingerprint density at radius 2 is 0.763 bits per heavy atom. The smallest absolute Gasteiger partial charge is 0.389 e. The molecular formula is C61H85N6Na3O6. The molecule has 398 valence electrons. The number of hydrogen-bond donors (Lipinski definition) is 6. The summed E-state index contributed by atoms with van der Waals surface area (Å²) >= 11 is 0. The van der Waals surface area contributed by atoms with Gasteiger partial charge in [-0.05, 0) is 196 Å². The summed E-state index contributed by atoms with van der Waals surface area (Å²) in [5.74, 6) is 4.07. The molecule has 10 aliphatic rings. The van der Waals surface area contributed by atoms with E-state index in [4.69, 9.17) is 0 Å². The van der Waals surface area contributed by atoms with Crippen LogP contribution in [0.25, 0.3) is 0 Å². The third-order valence-corrected chi connectivity index (χ3v) is 17.6. The van der Waals surface area contributed by atoms with E-state index in [1.54, 1.807) is 36.4 Å². The van der Waals surface area contributed by atoms with Gasteiger partial charge < -0.3 is 46.3 Å². The average molecular weight is 1070 g/mol. The van der Waals surface area contributed by atoms with Gasteiger partial charge in [-0.1, -0.05) is 55.2 Å². The molecule has 0 aliphatic heterocycles. The van der Waals surface area contributed by atoms with Crippen molar-refractivity contribution in [3.63, 3.8) is 0 Å². The SMILES string of the molecule is CC(C)(C)NC(=O)c1ccc[c-]1C(=O)NC(C)(C)C.O=C(NC12CC3CC(CC(C3)C1)C2)c1ccc[c-]1C(=O)NC12CC3CC(CC(C3)C1)C2.O=C(NC1CCCCC1)c1ccc[c-]1C(=O)NC1CCCCC1.[Na+].[Na+].[Na+]. The minimum atomic E-state index is -0.327. The molecule has 10 saturated carbocycles. The van der Waals surface area contributed by atoms with Gasteiger partial charge in [0.05, 0.1) is 0 Å². The molecule has 0 atom stereocenters. The van der Waals surface area contributed by atoms with E-state index in [1.807, 2.05) is 59.7 Å². The van der Waals surface area contributed by atoms with Crippen LogP contribution in [0.4, 0.5) is 0 Å². The fourth-order valence-electron chi connectivity index (χ4n) is 15.4. The molecule has 0 heterocycles. The summed E-state index contributed by atoms with van der Waals surface area (Å²) in [5.41, 5.74) is 2.34. The van der Waals surface area contributed by atoms with Crippen molar-refractivity contribution in [1.82, 2.24) is 31.9 Å². The molecule has 6 N–H and O–H groups in total. The molecule has 13 rings (SSSR count). The maximum Gasteiger partial charge on any atom is 1.00 e. The van der Waals surface area contributed by atoms with E-state index in [2.05, 4.69) is 31.9 Å².